The van der Waals surface area contributed by atoms with Gasteiger partial charge in [-0.2, -0.15) is 5.10 Å². The molecule has 1 amide bonds. The third-order valence-electron chi connectivity index (χ3n) is 5.09. The fourth-order valence-corrected chi connectivity index (χ4v) is 3.59. The van der Waals surface area contributed by atoms with Crippen molar-refractivity contribution < 1.29 is 19.0 Å². The molecule has 3 aromatic rings. The van der Waals surface area contributed by atoms with Crippen LogP contribution in [0.2, 0.25) is 0 Å². The molecule has 3 heterocycles. The van der Waals surface area contributed by atoms with Crippen molar-refractivity contribution in [3.05, 3.63) is 60.2 Å². The number of aromatic nitrogens is 3. The molecule has 8 heteroatoms. The van der Waals surface area contributed by atoms with Gasteiger partial charge in [0.2, 0.25) is 0 Å². The smallest absolute Gasteiger partial charge is 0.410 e. The van der Waals surface area contributed by atoms with Crippen molar-refractivity contribution in [1.82, 2.24) is 19.7 Å². The van der Waals surface area contributed by atoms with Crippen molar-refractivity contribution in [2.45, 2.75) is 32.0 Å². The summed E-state index contributed by atoms with van der Waals surface area (Å²) in [4.78, 5) is 18.3. The fraction of sp³-hybridized carbons (Fsp3) is 0.348. The molecule has 0 atom stereocenters. The summed E-state index contributed by atoms with van der Waals surface area (Å²) in [5.74, 6) is -0.323. The largest absolute Gasteiger partial charge is 0.444 e. The lowest BCUT2D eigenvalue weighted by Gasteiger charge is -2.47. The van der Waals surface area contributed by atoms with E-state index in [-0.39, 0.29) is 18.9 Å². The van der Waals surface area contributed by atoms with E-state index in [0.29, 0.717) is 22.5 Å². The van der Waals surface area contributed by atoms with Gasteiger partial charge in [0.05, 0.1) is 24.5 Å². The Kier molecular flexibility index (Phi) is 5.05. The number of amides is 1. The van der Waals surface area contributed by atoms with Gasteiger partial charge in [-0.05, 0) is 57.2 Å². The number of carbonyl (C=O) groups is 1. The molecule has 1 aromatic carbocycles. The summed E-state index contributed by atoms with van der Waals surface area (Å²) in [6.07, 6.45) is 2.96. The van der Waals surface area contributed by atoms with Crippen LogP contribution in [0.15, 0.2) is 48.8 Å². The summed E-state index contributed by atoms with van der Waals surface area (Å²) in [5, 5.41) is 15.7. The second kappa shape index (κ2) is 7.46. The molecule has 31 heavy (non-hydrogen) atoms. The number of hydrogen-bond acceptors (Lipinski definition) is 5. The van der Waals surface area contributed by atoms with Crippen LogP contribution in [0.5, 0.6) is 0 Å². The zero-order chi connectivity index (χ0) is 22.4. The van der Waals surface area contributed by atoms with E-state index >= 15 is 0 Å². The van der Waals surface area contributed by atoms with Gasteiger partial charge < -0.3 is 14.7 Å². The molecule has 0 aliphatic carbocycles. The lowest BCUT2D eigenvalue weighted by Crippen LogP contribution is -2.62. The van der Waals surface area contributed by atoms with E-state index in [4.69, 9.17) is 4.74 Å². The van der Waals surface area contributed by atoms with E-state index in [0.717, 1.165) is 5.56 Å². The number of nitrogens with zero attached hydrogens (tertiary/aromatic N) is 4. The lowest BCUT2D eigenvalue weighted by atomic mass is 9.83. The number of β-amino-alcohol motifs (C(OH)–C–C–N with tert-alkyl or cyclic N) is 1. The minimum Gasteiger partial charge on any atom is -0.444 e. The molecule has 1 saturated heterocycles. The van der Waals surface area contributed by atoms with Gasteiger partial charge in [0.25, 0.3) is 0 Å². The highest BCUT2D eigenvalue weighted by atomic mass is 19.1. The first-order valence-electron chi connectivity index (χ1n) is 10.0. The number of hydrogen-bond donors (Lipinski definition) is 1. The van der Waals surface area contributed by atoms with Gasteiger partial charge >= 0.3 is 6.09 Å². The third-order valence-corrected chi connectivity index (χ3v) is 5.09. The number of halogens is 1. The molecule has 2 aromatic heterocycles. The first-order valence-corrected chi connectivity index (χ1v) is 10.0. The summed E-state index contributed by atoms with van der Waals surface area (Å²) in [6.45, 7) is 5.59. The summed E-state index contributed by atoms with van der Waals surface area (Å²) < 4.78 is 20.4. The molecule has 1 fully saturated rings. The van der Waals surface area contributed by atoms with Gasteiger partial charge in [-0.1, -0.05) is 0 Å². The van der Waals surface area contributed by atoms with Crippen molar-refractivity contribution in [3.63, 3.8) is 0 Å². The van der Waals surface area contributed by atoms with E-state index in [2.05, 4.69) is 10.1 Å². The molecule has 0 radical (unpaired) electrons. The predicted molar refractivity (Wildman–Crippen MR) is 114 cm³/mol. The first-order chi connectivity index (χ1) is 14.5. The summed E-state index contributed by atoms with van der Waals surface area (Å²) >= 11 is 0. The van der Waals surface area contributed by atoms with Crippen LogP contribution in [0.3, 0.4) is 0 Å². The van der Waals surface area contributed by atoms with Crippen LogP contribution >= 0.6 is 0 Å². The normalized spacial score (nSPS) is 15.5. The van der Waals surface area contributed by atoms with Gasteiger partial charge in [0.15, 0.2) is 0 Å². The summed E-state index contributed by atoms with van der Waals surface area (Å²) in [5.41, 5.74) is 1.48. The number of rotatable bonds is 3. The van der Waals surface area contributed by atoms with E-state index < -0.39 is 17.3 Å². The Morgan fingerprint density at radius 1 is 1.16 bits per heavy atom. The molecule has 0 bridgehead atoms. The fourth-order valence-electron chi connectivity index (χ4n) is 3.59. The molecular weight excluding hydrogens is 399 g/mol. The molecule has 4 rings (SSSR count). The number of benzene rings is 1. The zero-order valence-electron chi connectivity index (χ0n) is 18.0. The Labute approximate surface area is 180 Å². The Morgan fingerprint density at radius 2 is 1.84 bits per heavy atom. The van der Waals surface area contributed by atoms with Crippen LogP contribution in [-0.4, -0.2) is 49.6 Å². The lowest BCUT2D eigenvalue weighted by molar-refractivity contribution is -0.103. The third kappa shape index (κ3) is 4.29. The molecule has 1 N–H and O–H groups in total. The minimum absolute atomic E-state index is 0.0965. The van der Waals surface area contributed by atoms with Crippen LogP contribution in [-0.2, 0) is 17.4 Å². The van der Waals surface area contributed by atoms with Gasteiger partial charge in [0.1, 0.15) is 17.0 Å². The number of ether oxygens (including phenoxy) is 1. The van der Waals surface area contributed by atoms with Crippen LogP contribution in [0, 0.1) is 5.82 Å². The molecule has 0 spiro atoms. The molecule has 0 saturated carbocycles. The topological polar surface area (TPSA) is 80.5 Å². The van der Waals surface area contributed by atoms with Crippen LogP contribution in [0.25, 0.3) is 22.5 Å². The Bertz CT molecular complexity index is 1110. The average Bonchev–Trinajstić information content (AvgIpc) is 3.10. The molecular formula is C23H25FN4O3. The second-order valence-corrected chi connectivity index (χ2v) is 8.86. The highest BCUT2D eigenvalue weighted by Gasteiger charge is 2.48. The van der Waals surface area contributed by atoms with E-state index in [1.54, 1.807) is 43.8 Å². The van der Waals surface area contributed by atoms with Crippen molar-refractivity contribution >= 4 is 6.09 Å². The number of likely N-dealkylation sites (tertiary alicyclic amines) is 1. The quantitative estimate of drug-likeness (QED) is 0.693. The van der Waals surface area contributed by atoms with Crippen LogP contribution in [0.4, 0.5) is 9.18 Å². The van der Waals surface area contributed by atoms with E-state index in [9.17, 15) is 14.3 Å². The van der Waals surface area contributed by atoms with Crippen molar-refractivity contribution in [1.29, 1.82) is 0 Å². The van der Waals surface area contributed by atoms with Gasteiger partial charge in [-0.15, -0.1) is 0 Å². The van der Waals surface area contributed by atoms with Gasteiger partial charge in [-0.25, -0.2) is 9.18 Å². The maximum atomic E-state index is 13.3. The second-order valence-electron chi connectivity index (χ2n) is 8.86. The average molecular weight is 424 g/mol. The van der Waals surface area contributed by atoms with Crippen molar-refractivity contribution in [2.75, 3.05) is 13.1 Å². The predicted octanol–water partition coefficient (Wildman–Crippen LogP) is 3.73. The highest BCUT2D eigenvalue weighted by Crippen LogP contribution is 2.39. The van der Waals surface area contributed by atoms with Gasteiger partial charge in [-0.3, -0.25) is 9.67 Å². The van der Waals surface area contributed by atoms with Gasteiger partial charge in [0, 0.05) is 36.1 Å². The minimum atomic E-state index is -1.27. The number of aliphatic hydroxyl groups is 1. The summed E-state index contributed by atoms with van der Waals surface area (Å²) in [7, 11) is 1.81. The van der Waals surface area contributed by atoms with E-state index in [1.807, 2.05) is 25.4 Å². The SMILES string of the molecule is Cn1ccc(-c2cc(-c3ccc(F)cc3)ncc2C2(O)CN(C(=O)OC(C)(C)C)C2)n1. The summed E-state index contributed by atoms with van der Waals surface area (Å²) in [6, 6.07) is 9.75. The van der Waals surface area contributed by atoms with Crippen molar-refractivity contribution in [2.24, 2.45) is 7.05 Å². The number of carbonyl (C=O) groups excluding carboxylic acids is 1. The monoisotopic (exact) mass is 424 g/mol. The maximum Gasteiger partial charge on any atom is 0.410 e. The number of pyridine rings is 1. The van der Waals surface area contributed by atoms with Crippen LogP contribution < -0.4 is 0 Å². The molecule has 7 nitrogen and oxygen atoms in total. The Hall–Kier alpha value is -3.26. The molecule has 0 unspecified atom stereocenters. The first kappa shape index (κ1) is 21.0. The number of aryl methyl sites for hydroxylation is 1. The molecule has 162 valence electrons. The van der Waals surface area contributed by atoms with Crippen LogP contribution in [0.1, 0.15) is 26.3 Å². The Balaban J connectivity index is 1.68. The Morgan fingerprint density at radius 3 is 2.42 bits per heavy atom. The highest BCUT2D eigenvalue weighted by molar-refractivity contribution is 5.74. The standard InChI is InChI=1S/C23H25FN4O3/c1-22(2,3)31-21(29)28-13-23(30,14-28)18-12-25-20(15-5-7-16(24)8-6-15)11-17(18)19-9-10-27(4)26-19/h5-12,30H,13-14H2,1-4H3. The van der Waals surface area contributed by atoms with E-state index in [1.165, 1.54) is 17.0 Å². The zero-order valence-corrected chi connectivity index (χ0v) is 18.0. The maximum absolute atomic E-state index is 13.3. The van der Waals surface area contributed by atoms with Crippen molar-refractivity contribution in [3.8, 4) is 22.5 Å². The molecule has 1 aliphatic rings. The molecule has 1 aliphatic heterocycles.